The lowest BCUT2D eigenvalue weighted by atomic mass is 9.77. The topological polar surface area (TPSA) is 37.4 Å². The Balaban J connectivity index is 1.85. The highest BCUT2D eigenvalue weighted by atomic mass is 35.5. The van der Waals surface area contributed by atoms with E-state index in [0.717, 1.165) is 11.3 Å². The van der Waals surface area contributed by atoms with Crippen molar-refractivity contribution in [3.8, 4) is 0 Å². The monoisotopic (exact) mass is 369 g/mol. The number of hydrogen-bond donors (Lipinski definition) is 0. The second-order valence-electron chi connectivity index (χ2n) is 6.65. The second kappa shape index (κ2) is 6.69. The quantitative estimate of drug-likeness (QED) is 0.746. The number of nitrogens with zero attached hydrogens (tertiary/aromatic N) is 1. The van der Waals surface area contributed by atoms with Gasteiger partial charge >= 0.3 is 0 Å². The van der Waals surface area contributed by atoms with Gasteiger partial charge in [-0.05, 0) is 54.8 Å². The third-order valence-corrected chi connectivity index (χ3v) is 5.25. The SMILES string of the molecule is O=C1CCCC2=C1C(c1cccc(Cl)c1)CC(=O)N2c1ccc(F)cc1. The van der Waals surface area contributed by atoms with Gasteiger partial charge in [0, 0.05) is 40.7 Å². The average molecular weight is 370 g/mol. The number of ketones is 1. The van der Waals surface area contributed by atoms with Crippen LogP contribution in [0.1, 0.15) is 37.2 Å². The molecule has 0 bridgehead atoms. The number of allylic oxidation sites excluding steroid dienone is 2. The van der Waals surface area contributed by atoms with Crippen LogP contribution < -0.4 is 4.90 Å². The maximum atomic E-state index is 13.3. The fourth-order valence-electron chi connectivity index (χ4n) is 3.89. The van der Waals surface area contributed by atoms with Crippen molar-refractivity contribution in [2.24, 2.45) is 0 Å². The maximum Gasteiger partial charge on any atom is 0.232 e. The number of anilines is 1. The van der Waals surface area contributed by atoms with Gasteiger partial charge in [0.2, 0.25) is 5.91 Å². The predicted octanol–water partition coefficient (Wildman–Crippen LogP) is 5.01. The summed E-state index contributed by atoms with van der Waals surface area (Å²) in [7, 11) is 0. The summed E-state index contributed by atoms with van der Waals surface area (Å²) in [5, 5.41) is 0.585. The minimum absolute atomic E-state index is 0.0795. The molecule has 1 atom stereocenters. The Kier molecular flexibility index (Phi) is 4.37. The number of hydrogen-bond acceptors (Lipinski definition) is 2. The van der Waals surface area contributed by atoms with Crippen molar-refractivity contribution in [1.82, 2.24) is 0 Å². The minimum Gasteiger partial charge on any atom is -0.294 e. The average Bonchev–Trinajstić information content (AvgIpc) is 2.62. The maximum absolute atomic E-state index is 13.3. The molecule has 3 nitrogen and oxygen atoms in total. The minimum atomic E-state index is -0.357. The van der Waals surface area contributed by atoms with Crippen LogP contribution in [0.15, 0.2) is 59.8 Å². The largest absolute Gasteiger partial charge is 0.294 e. The highest BCUT2D eigenvalue weighted by molar-refractivity contribution is 6.30. The van der Waals surface area contributed by atoms with Gasteiger partial charge in [-0.3, -0.25) is 14.5 Å². The molecular formula is C21H17ClFNO2. The first-order chi connectivity index (χ1) is 12.5. The standard InChI is InChI=1S/C21H17ClFNO2/c22-14-4-1-3-13(11-14)17-12-20(26)24(16-9-7-15(23)8-10-16)18-5-2-6-19(25)21(17)18/h1,3-4,7-11,17H,2,5-6,12H2. The van der Waals surface area contributed by atoms with E-state index in [0.29, 0.717) is 35.5 Å². The van der Waals surface area contributed by atoms with Gasteiger partial charge in [0.15, 0.2) is 5.78 Å². The highest BCUT2D eigenvalue weighted by Gasteiger charge is 2.39. The lowest BCUT2D eigenvalue weighted by Crippen LogP contribution is -2.40. The van der Waals surface area contributed by atoms with E-state index in [9.17, 15) is 14.0 Å². The number of Topliss-reactive ketones (excluding diaryl/α,β-unsaturated/α-hetero) is 1. The number of amides is 1. The number of carbonyl (C=O) groups is 2. The molecule has 1 unspecified atom stereocenters. The third-order valence-electron chi connectivity index (χ3n) is 5.01. The van der Waals surface area contributed by atoms with Gasteiger partial charge in [-0.15, -0.1) is 0 Å². The number of rotatable bonds is 2. The molecule has 2 aliphatic rings. The number of carbonyl (C=O) groups excluding carboxylic acids is 2. The Labute approximate surface area is 156 Å². The van der Waals surface area contributed by atoms with Crippen LogP contribution in [0, 0.1) is 5.82 Å². The molecule has 0 aromatic heterocycles. The van der Waals surface area contributed by atoms with Crippen LogP contribution in [0.5, 0.6) is 0 Å². The van der Waals surface area contributed by atoms with E-state index in [1.54, 1.807) is 23.1 Å². The Bertz CT molecular complexity index is 920. The third kappa shape index (κ3) is 2.95. The molecule has 132 valence electrons. The lowest BCUT2D eigenvalue weighted by Gasteiger charge is -2.38. The van der Waals surface area contributed by atoms with Gasteiger partial charge in [-0.25, -0.2) is 4.39 Å². The molecule has 1 amide bonds. The van der Waals surface area contributed by atoms with Gasteiger partial charge < -0.3 is 0 Å². The fraction of sp³-hybridized carbons (Fsp3) is 0.238. The van der Waals surface area contributed by atoms with E-state index in [4.69, 9.17) is 11.6 Å². The smallest absolute Gasteiger partial charge is 0.232 e. The summed E-state index contributed by atoms with van der Waals surface area (Å²) in [6.45, 7) is 0. The first-order valence-corrected chi connectivity index (χ1v) is 9.02. The van der Waals surface area contributed by atoms with E-state index >= 15 is 0 Å². The Morgan fingerprint density at radius 3 is 2.54 bits per heavy atom. The fourth-order valence-corrected chi connectivity index (χ4v) is 4.09. The zero-order chi connectivity index (χ0) is 18.3. The van der Waals surface area contributed by atoms with Crippen molar-refractivity contribution < 1.29 is 14.0 Å². The highest BCUT2D eigenvalue weighted by Crippen LogP contribution is 2.43. The van der Waals surface area contributed by atoms with E-state index < -0.39 is 0 Å². The molecule has 0 saturated carbocycles. The molecule has 0 fully saturated rings. The molecule has 2 aromatic rings. The van der Waals surface area contributed by atoms with Gasteiger partial charge in [-0.1, -0.05) is 23.7 Å². The second-order valence-corrected chi connectivity index (χ2v) is 7.09. The van der Waals surface area contributed by atoms with Gasteiger partial charge in [0.05, 0.1) is 0 Å². The first-order valence-electron chi connectivity index (χ1n) is 8.65. The van der Waals surface area contributed by atoms with Crippen LogP contribution in [-0.4, -0.2) is 11.7 Å². The number of benzene rings is 2. The molecule has 0 N–H and O–H groups in total. The molecule has 1 aliphatic heterocycles. The van der Waals surface area contributed by atoms with E-state index in [1.165, 1.54) is 12.1 Å². The summed E-state index contributed by atoms with van der Waals surface area (Å²) in [4.78, 5) is 27.3. The molecule has 0 radical (unpaired) electrons. The van der Waals surface area contributed by atoms with Crippen LogP contribution in [0.2, 0.25) is 5.02 Å². The summed E-state index contributed by atoms with van der Waals surface area (Å²) >= 11 is 6.12. The summed E-state index contributed by atoms with van der Waals surface area (Å²) < 4.78 is 13.3. The molecule has 1 aliphatic carbocycles. The van der Waals surface area contributed by atoms with Crippen LogP contribution in [-0.2, 0) is 9.59 Å². The Morgan fingerprint density at radius 1 is 1.04 bits per heavy atom. The Morgan fingerprint density at radius 2 is 1.81 bits per heavy atom. The van der Waals surface area contributed by atoms with Crippen molar-refractivity contribution in [3.05, 3.63) is 76.2 Å². The number of halogens is 2. The predicted molar refractivity (Wildman–Crippen MR) is 98.6 cm³/mol. The van der Waals surface area contributed by atoms with Crippen molar-refractivity contribution in [2.45, 2.75) is 31.6 Å². The molecule has 2 aromatic carbocycles. The van der Waals surface area contributed by atoms with Gasteiger partial charge in [-0.2, -0.15) is 0 Å². The normalized spacial score (nSPS) is 20.4. The van der Waals surface area contributed by atoms with Crippen molar-refractivity contribution in [1.29, 1.82) is 0 Å². The molecule has 5 heteroatoms. The lowest BCUT2D eigenvalue weighted by molar-refractivity contribution is -0.119. The van der Waals surface area contributed by atoms with Crippen LogP contribution >= 0.6 is 11.6 Å². The zero-order valence-electron chi connectivity index (χ0n) is 14.0. The molecular weight excluding hydrogens is 353 g/mol. The van der Waals surface area contributed by atoms with Crippen molar-refractivity contribution in [3.63, 3.8) is 0 Å². The molecule has 26 heavy (non-hydrogen) atoms. The Hall–Kier alpha value is -2.46. The van der Waals surface area contributed by atoms with E-state index in [-0.39, 0.29) is 29.8 Å². The van der Waals surface area contributed by atoms with Crippen molar-refractivity contribution >= 4 is 29.0 Å². The summed E-state index contributed by atoms with van der Waals surface area (Å²) in [5.74, 6) is -0.643. The van der Waals surface area contributed by atoms with Gasteiger partial charge in [0.1, 0.15) is 5.82 Å². The van der Waals surface area contributed by atoms with Crippen LogP contribution in [0.3, 0.4) is 0 Å². The summed E-state index contributed by atoms with van der Waals surface area (Å²) in [6.07, 6.45) is 2.05. The molecule has 4 rings (SSSR count). The van der Waals surface area contributed by atoms with Crippen molar-refractivity contribution in [2.75, 3.05) is 4.90 Å². The van der Waals surface area contributed by atoms with Gasteiger partial charge in [0.25, 0.3) is 0 Å². The van der Waals surface area contributed by atoms with Crippen LogP contribution in [0.4, 0.5) is 10.1 Å². The first kappa shape index (κ1) is 17.0. The summed E-state index contributed by atoms with van der Waals surface area (Å²) in [5.41, 5.74) is 2.92. The zero-order valence-corrected chi connectivity index (χ0v) is 14.8. The molecule has 1 heterocycles. The van der Waals surface area contributed by atoms with E-state index in [1.807, 2.05) is 18.2 Å². The summed E-state index contributed by atoms with van der Waals surface area (Å²) in [6, 6.07) is 13.2. The van der Waals surface area contributed by atoms with Crippen LogP contribution in [0.25, 0.3) is 0 Å². The van der Waals surface area contributed by atoms with E-state index in [2.05, 4.69) is 0 Å². The molecule has 0 saturated heterocycles. The molecule has 0 spiro atoms.